The lowest BCUT2D eigenvalue weighted by atomic mass is 9.85. The monoisotopic (exact) mass is 545 g/mol. The van der Waals surface area contributed by atoms with Crippen LogP contribution in [0.5, 0.6) is 5.75 Å². The molecule has 0 saturated heterocycles. The molecule has 2 amide bonds. The number of nitrogens with one attached hydrogen (secondary N) is 2. The Labute approximate surface area is 226 Å². The van der Waals surface area contributed by atoms with Gasteiger partial charge in [-0.05, 0) is 37.7 Å². The molecule has 2 aromatic carbocycles. The molecule has 9 nitrogen and oxygen atoms in total. The highest BCUT2D eigenvalue weighted by Crippen LogP contribution is 2.32. The maximum Gasteiger partial charge on any atom is 0.295 e. The Morgan fingerprint density at radius 1 is 1.08 bits per heavy atom. The fraction of sp³-hybridized carbons (Fsp3) is 0.370. The summed E-state index contributed by atoms with van der Waals surface area (Å²) < 4.78 is 22.1. The van der Waals surface area contributed by atoms with Crippen LogP contribution in [0, 0.1) is 11.2 Å². The van der Waals surface area contributed by atoms with Gasteiger partial charge in [-0.3, -0.25) is 19.1 Å². The van der Waals surface area contributed by atoms with E-state index in [-0.39, 0.29) is 40.5 Å². The fourth-order valence-electron chi connectivity index (χ4n) is 4.22. The number of ether oxygens (including phenoxy) is 1. The predicted octanol–water partition coefficient (Wildman–Crippen LogP) is 4.42. The lowest BCUT2D eigenvalue weighted by Gasteiger charge is -2.23. The first-order chi connectivity index (χ1) is 17.8. The topological polar surface area (TPSA) is 97.6 Å². The largest absolute Gasteiger partial charge is 0.494 e. The zero-order chi connectivity index (χ0) is 28.2. The molecule has 204 valence electrons. The molecule has 0 saturated carbocycles. The Hall–Kier alpha value is -3.63. The first-order valence-electron chi connectivity index (χ1n) is 12.0. The fourth-order valence-corrected chi connectivity index (χ4v) is 4.38. The van der Waals surface area contributed by atoms with E-state index in [1.807, 2.05) is 49.3 Å². The van der Waals surface area contributed by atoms with Gasteiger partial charge in [-0.2, -0.15) is 0 Å². The van der Waals surface area contributed by atoms with Crippen LogP contribution in [-0.4, -0.2) is 47.3 Å². The maximum absolute atomic E-state index is 13.7. The number of rotatable bonds is 10. The van der Waals surface area contributed by atoms with E-state index in [9.17, 15) is 18.8 Å². The molecule has 1 heterocycles. The molecule has 0 aliphatic heterocycles. The number of carbonyl (C=O) groups is 2. The van der Waals surface area contributed by atoms with Crippen molar-refractivity contribution in [3.05, 3.63) is 69.4 Å². The SMILES string of the molecule is COc1cc(F)c(Cl)cc1NC(=O)CC(C)(C)CC(=O)Nc1c(CN(C)C)n(C)n(-c2ccccc2)c1=O. The summed E-state index contributed by atoms with van der Waals surface area (Å²) in [6, 6.07) is 11.5. The second-order valence-electron chi connectivity index (χ2n) is 10.1. The molecule has 0 radical (unpaired) electrons. The Kier molecular flexibility index (Phi) is 9.01. The number of hydrogen-bond donors (Lipinski definition) is 2. The average Bonchev–Trinajstić information content (AvgIpc) is 3.04. The van der Waals surface area contributed by atoms with E-state index in [4.69, 9.17) is 16.3 Å². The number of amides is 2. The Morgan fingerprint density at radius 3 is 2.26 bits per heavy atom. The molecular weight excluding hydrogens is 513 g/mol. The minimum Gasteiger partial charge on any atom is -0.494 e. The van der Waals surface area contributed by atoms with E-state index in [1.54, 1.807) is 25.6 Å². The molecule has 2 N–H and O–H groups in total. The summed E-state index contributed by atoms with van der Waals surface area (Å²) in [4.78, 5) is 41.2. The third-order valence-corrected chi connectivity index (χ3v) is 6.20. The van der Waals surface area contributed by atoms with Crippen LogP contribution >= 0.6 is 11.6 Å². The third-order valence-electron chi connectivity index (χ3n) is 5.91. The highest BCUT2D eigenvalue weighted by molar-refractivity contribution is 6.31. The van der Waals surface area contributed by atoms with E-state index in [0.717, 1.165) is 6.07 Å². The summed E-state index contributed by atoms with van der Waals surface area (Å²) in [7, 11) is 6.88. The Balaban J connectivity index is 1.77. The molecule has 0 unspecified atom stereocenters. The molecule has 0 fully saturated rings. The highest BCUT2D eigenvalue weighted by Gasteiger charge is 2.28. The number of methoxy groups -OCH3 is 1. The van der Waals surface area contributed by atoms with Crippen LogP contribution in [-0.2, 0) is 23.2 Å². The zero-order valence-electron chi connectivity index (χ0n) is 22.4. The van der Waals surface area contributed by atoms with Crippen LogP contribution in [0.2, 0.25) is 5.02 Å². The molecule has 0 bridgehead atoms. The van der Waals surface area contributed by atoms with Crippen LogP contribution in [0.1, 0.15) is 32.4 Å². The Bertz CT molecular complexity index is 1380. The second-order valence-corrected chi connectivity index (χ2v) is 10.5. The van der Waals surface area contributed by atoms with Crippen molar-refractivity contribution in [1.29, 1.82) is 0 Å². The number of benzene rings is 2. The molecule has 0 atom stereocenters. The number of para-hydroxylation sites is 1. The minimum absolute atomic E-state index is 0.0217. The van der Waals surface area contributed by atoms with Crippen molar-refractivity contribution in [1.82, 2.24) is 14.3 Å². The van der Waals surface area contributed by atoms with E-state index in [1.165, 1.54) is 17.9 Å². The molecule has 38 heavy (non-hydrogen) atoms. The van der Waals surface area contributed by atoms with Crippen LogP contribution in [0.15, 0.2) is 47.3 Å². The summed E-state index contributed by atoms with van der Waals surface area (Å²) in [5, 5.41) is 5.31. The summed E-state index contributed by atoms with van der Waals surface area (Å²) in [6.07, 6.45) is -0.0467. The molecular formula is C27H33ClFN5O4. The van der Waals surface area contributed by atoms with Gasteiger partial charge in [0.15, 0.2) is 0 Å². The maximum atomic E-state index is 13.7. The van der Waals surface area contributed by atoms with E-state index < -0.39 is 23.0 Å². The smallest absolute Gasteiger partial charge is 0.295 e. The summed E-state index contributed by atoms with van der Waals surface area (Å²) in [5.41, 5.74) is 0.631. The summed E-state index contributed by atoms with van der Waals surface area (Å²) in [6.45, 7) is 3.97. The van der Waals surface area contributed by atoms with Gasteiger partial charge in [0.25, 0.3) is 5.56 Å². The van der Waals surface area contributed by atoms with Crippen molar-refractivity contribution >= 4 is 34.8 Å². The molecule has 0 aliphatic rings. The lowest BCUT2D eigenvalue weighted by Crippen LogP contribution is -2.29. The van der Waals surface area contributed by atoms with Crippen LogP contribution in [0.25, 0.3) is 5.69 Å². The number of hydrogen-bond acceptors (Lipinski definition) is 5. The van der Waals surface area contributed by atoms with E-state index in [0.29, 0.717) is 17.9 Å². The van der Waals surface area contributed by atoms with Gasteiger partial charge in [0.05, 0.1) is 29.2 Å². The number of carbonyl (C=O) groups excluding carboxylic acids is 2. The normalized spacial score (nSPS) is 11.5. The van der Waals surface area contributed by atoms with Gasteiger partial charge in [-0.15, -0.1) is 0 Å². The standard InChI is InChI=1S/C27H33ClFN5O4/c1-27(2,14-23(35)30-20-12-18(28)19(29)13-22(20)38-6)15-24(36)31-25-21(16-32(3)4)33(5)34(26(25)37)17-10-8-7-9-11-17/h7-13H,14-16H2,1-6H3,(H,30,35)(H,31,36). The van der Waals surface area contributed by atoms with Gasteiger partial charge in [0, 0.05) is 32.5 Å². The van der Waals surface area contributed by atoms with Gasteiger partial charge in [0.2, 0.25) is 11.8 Å². The van der Waals surface area contributed by atoms with Gasteiger partial charge in [-0.25, -0.2) is 9.07 Å². The summed E-state index contributed by atoms with van der Waals surface area (Å²) in [5.74, 6) is -1.33. The highest BCUT2D eigenvalue weighted by atomic mass is 35.5. The van der Waals surface area contributed by atoms with Crippen LogP contribution in [0.3, 0.4) is 0 Å². The molecule has 1 aromatic heterocycles. The van der Waals surface area contributed by atoms with Crippen molar-refractivity contribution in [2.24, 2.45) is 12.5 Å². The number of halogens is 2. The van der Waals surface area contributed by atoms with Crippen LogP contribution in [0.4, 0.5) is 15.8 Å². The number of anilines is 2. The van der Waals surface area contributed by atoms with Crippen molar-refractivity contribution in [3.63, 3.8) is 0 Å². The molecule has 0 spiro atoms. The molecule has 11 heteroatoms. The van der Waals surface area contributed by atoms with Crippen molar-refractivity contribution in [3.8, 4) is 11.4 Å². The van der Waals surface area contributed by atoms with E-state index >= 15 is 0 Å². The third kappa shape index (κ3) is 6.81. The van der Waals surface area contributed by atoms with E-state index in [2.05, 4.69) is 10.6 Å². The summed E-state index contributed by atoms with van der Waals surface area (Å²) >= 11 is 5.85. The molecule has 0 aliphatic carbocycles. The number of aromatic nitrogens is 2. The van der Waals surface area contributed by atoms with Gasteiger partial charge in [0.1, 0.15) is 17.3 Å². The second kappa shape index (κ2) is 11.8. The molecule has 3 rings (SSSR count). The Morgan fingerprint density at radius 2 is 1.68 bits per heavy atom. The minimum atomic E-state index is -0.764. The first-order valence-corrected chi connectivity index (χ1v) is 12.3. The van der Waals surface area contributed by atoms with Gasteiger partial charge >= 0.3 is 0 Å². The lowest BCUT2D eigenvalue weighted by molar-refractivity contribution is -0.120. The van der Waals surface area contributed by atoms with Crippen LogP contribution < -0.4 is 20.9 Å². The zero-order valence-corrected chi connectivity index (χ0v) is 23.1. The first kappa shape index (κ1) is 28.9. The van der Waals surface area contributed by atoms with Crippen molar-refractivity contribution in [2.45, 2.75) is 33.2 Å². The van der Waals surface area contributed by atoms with Crippen molar-refractivity contribution in [2.75, 3.05) is 31.8 Å². The predicted molar refractivity (Wildman–Crippen MR) is 147 cm³/mol. The molecule has 3 aromatic rings. The number of nitrogens with zero attached hydrogens (tertiary/aromatic N) is 3. The van der Waals surface area contributed by atoms with Gasteiger partial charge in [-0.1, -0.05) is 43.6 Å². The quantitative estimate of drug-likeness (QED) is 0.393. The van der Waals surface area contributed by atoms with Gasteiger partial charge < -0.3 is 20.3 Å². The van der Waals surface area contributed by atoms with Crippen molar-refractivity contribution < 1.29 is 18.7 Å². The average molecular weight is 546 g/mol.